The highest BCUT2D eigenvalue weighted by atomic mass is 32.2. The molecule has 0 spiro atoms. The first-order valence-electron chi connectivity index (χ1n) is 9.30. The highest BCUT2D eigenvalue weighted by molar-refractivity contribution is 8.00. The first-order chi connectivity index (χ1) is 13.5. The SMILES string of the molecule is Cc1ccccc1-n1nc(C)c2c1NC(=O)CS[C@@H]2c1ccc(N(C)C)cc1. The van der Waals surface area contributed by atoms with Gasteiger partial charge in [0, 0.05) is 25.3 Å². The van der Waals surface area contributed by atoms with Gasteiger partial charge in [-0.3, -0.25) is 4.79 Å². The number of carbonyl (C=O) groups is 1. The standard InChI is InChI=1S/C22H24N4OS/c1-14-7-5-6-8-18(14)26-22-20(15(2)24-26)21(28-13-19(27)23-22)16-9-11-17(12-10-16)25(3)4/h5-12,21H,13H2,1-4H3,(H,23,27)/t21-/m1/s1. The van der Waals surface area contributed by atoms with Crippen LogP contribution in [-0.2, 0) is 4.79 Å². The number of hydrogen-bond donors (Lipinski definition) is 1. The number of para-hydroxylation sites is 1. The van der Waals surface area contributed by atoms with E-state index in [1.165, 1.54) is 5.56 Å². The Balaban J connectivity index is 1.85. The van der Waals surface area contributed by atoms with Crippen molar-refractivity contribution in [3.63, 3.8) is 0 Å². The van der Waals surface area contributed by atoms with Crippen LogP contribution in [0, 0.1) is 13.8 Å². The van der Waals surface area contributed by atoms with Crippen LogP contribution in [0.1, 0.15) is 27.6 Å². The van der Waals surface area contributed by atoms with E-state index in [0.29, 0.717) is 5.75 Å². The molecule has 2 heterocycles. The van der Waals surface area contributed by atoms with Crippen LogP contribution in [0.5, 0.6) is 0 Å². The lowest BCUT2D eigenvalue weighted by Gasteiger charge is -2.18. The number of fused-ring (bicyclic) bond motifs is 1. The molecule has 1 amide bonds. The zero-order valence-corrected chi connectivity index (χ0v) is 17.4. The van der Waals surface area contributed by atoms with Crippen molar-refractivity contribution < 1.29 is 4.79 Å². The van der Waals surface area contributed by atoms with Crippen molar-refractivity contribution in [2.45, 2.75) is 19.1 Å². The number of aryl methyl sites for hydroxylation is 2. The first-order valence-corrected chi connectivity index (χ1v) is 10.3. The quantitative estimate of drug-likeness (QED) is 0.721. The van der Waals surface area contributed by atoms with Gasteiger partial charge in [0.05, 0.1) is 22.4 Å². The molecule has 0 saturated heterocycles. The van der Waals surface area contributed by atoms with E-state index in [4.69, 9.17) is 5.10 Å². The van der Waals surface area contributed by atoms with Crippen molar-refractivity contribution in [3.8, 4) is 5.69 Å². The number of nitrogens with one attached hydrogen (secondary N) is 1. The first kappa shape index (κ1) is 18.6. The molecule has 0 radical (unpaired) electrons. The number of aromatic nitrogens is 2. The van der Waals surface area contributed by atoms with Crippen LogP contribution >= 0.6 is 11.8 Å². The number of nitrogens with zero attached hydrogens (tertiary/aromatic N) is 3. The smallest absolute Gasteiger partial charge is 0.235 e. The Bertz CT molecular complexity index is 1020. The van der Waals surface area contributed by atoms with Crippen LogP contribution < -0.4 is 10.2 Å². The van der Waals surface area contributed by atoms with Crippen molar-refractivity contribution in [1.29, 1.82) is 0 Å². The molecular formula is C22H24N4OS. The molecule has 6 heteroatoms. The molecular weight excluding hydrogens is 368 g/mol. The third-order valence-corrected chi connectivity index (χ3v) is 6.33. The van der Waals surface area contributed by atoms with E-state index in [-0.39, 0.29) is 11.2 Å². The largest absolute Gasteiger partial charge is 0.378 e. The lowest BCUT2D eigenvalue weighted by Crippen LogP contribution is -2.16. The summed E-state index contributed by atoms with van der Waals surface area (Å²) in [5.74, 6) is 1.21. The van der Waals surface area contributed by atoms with E-state index in [2.05, 4.69) is 47.5 Å². The summed E-state index contributed by atoms with van der Waals surface area (Å²) >= 11 is 1.65. The summed E-state index contributed by atoms with van der Waals surface area (Å²) in [5.41, 5.74) is 6.46. The van der Waals surface area contributed by atoms with E-state index in [0.717, 1.165) is 34.0 Å². The predicted octanol–water partition coefficient (Wildman–Crippen LogP) is 4.33. The summed E-state index contributed by atoms with van der Waals surface area (Å²) in [6.45, 7) is 4.08. The second-order valence-corrected chi connectivity index (χ2v) is 8.36. The van der Waals surface area contributed by atoms with Gasteiger partial charge < -0.3 is 10.2 Å². The fourth-order valence-electron chi connectivity index (χ4n) is 3.57. The maximum atomic E-state index is 12.5. The van der Waals surface area contributed by atoms with Crippen molar-refractivity contribution in [3.05, 3.63) is 70.9 Å². The minimum Gasteiger partial charge on any atom is -0.378 e. The molecule has 0 bridgehead atoms. The van der Waals surface area contributed by atoms with Gasteiger partial charge in [-0.15, -0.1) is 11.8 Å². The highest BCUT2D eigenvalue weighted by Crippen LogP contribution is 2.44. The fourth-order valence-corrected chi connectivity index (χ4v) is 4.76. The van der Waals surface area contributed by atoms with Gasteiger partial charge >= 0.3 is 0 Å². The second-order valence-electron chi connectivity index (χ2n) is 7.27. The number of carbonyl (C=O) groups excluding carboxylic acids is 1. The molecule has 144 valence electrons. The molecule has 1 aromatic heterocycles. The summed E-state index contributed by atoms with van der Waals surface area (Å²) in [5, 5.41) is 7.96. The normalized spacial score (nSPS) is 16.3. The van der Waals surface area contributed by atoms with Crippen LogP contribution in [0.25, 0.3) is 5.69 Å². The third-order valence-electron chi connectivity index (χ3n) is 5.06. The molecule has 1 atom stereocenters. The van der Waals surface area contributed by atoms with E-state index in [1.54, 1.807) is 11.8 Å². The van der Waals surface area contributed by atoms with E-state index in [9.17, 15) is 4.79 Å². The summed E-state index contributed by atoms with van der Waals surface area (Å²) in [7, 11) is 4.07. The molecule has 0 aliphatic carbocycles. The molecule has 0 fully saturated rings. The zero-order valence-electron chi connectivity index (χ0n) is 16.6. The Kier molecular flexibility index (Phi) is 4.89. The van der Waals surface area contributed by atoms with E-state index < -0.39 is 0 Å². The second kappa shape index (κ2) is 7.36. The van der Waals surface area contributed by atoms with Crippen LogP contribution in [0.3, 0.4) is 0 Å². The van der Waals surface area contributed by atoms with Crippen molar-refractivity contribution in [2.75, 3.05) is 30.1 Å². The van der Waals surface area contributed by atoms with Gasteiger partial charge in [-0.1, -0.05) is 30.3 Å². The third kappa shape index (κ3) is 3.29. The number of anilines is 2. The number of amides is 1. The summed E-state index contributed by atoms with van der Waals surface area (Å²) < 4.78 is 1.88. The fraction of sp³-hybridized carbons (Fsp3) is 0.273. The lowest BCUT2D eigenvalue weighted by atomic mass is 10.0. The van der Waals surface area contributed by atoms with Gasteiger partial charge in [0.25, 0.3) is 0 Å². The van der Waals surface area contributed by atoms with E-state index in [1.807, 2.05) is 43.9 Å². The minimum absolute atomic E-state index is 0.00777. The molecule has 3 aromatic rings. The van der Waals surface area contributed by atoms with Gasteiger partial charge in [0.15, 0.2) is 0 Å². The number of thioether (sulfide) groups is 1. The van der Waals surface area contributed by atoms with Crippen molar-refractivity contribution in [2.24, 2.45) is 0 Å². The Morgan fingerprint density at radius 2 is 1.82 bits per heavy atom. The molecule has 1 aliphatic heterocycles. The lowest BCUT2D eigenvalue weighted by molar-refractivity contribution is -0.113. The van der Waals surface area contributed by atoms with Crippen molar-refractivity contribution in [1.82, 2.24) is 9.78 Å². The van der Waals surface area contributed by atoms with Crippen LogP contribution in [0.2, 0.25) is 0 Å². The minimum atomic E-state index is 0.00777. The van der Waals surface area contributed by atoms with E-state index >= 15 is 0 Å². The molecule has 0 unspecified atom stereocenters. The summed E-state index contributed by atoms with van der Waals surface area (Å²) in [6, 6.07) is 16.6. The van der Waals surface area contributed by atoms with Crippen LogP contribution in [0.15, 0.2) is 48.5 Å². The number of rotatable bonds is 3. The van der Waals surface area contributed by atoms with Gasteiger partial charge in [-0.05, 0) is 43.2 Å². The molecule has 5 nitrogen and oxygen atoms in total. The topological polar surface area (TPSA) is 50.2 Å². The number of hydrogen-bond acceptors (Lipinski definition) is 4. The van der Waals surface area contributed by atoms with Crippen LogP contribution in [-0.4, -0.2) is 35.5 Å². The molecule has 28 heavy (non-hydrogen) atoms. The zero-order chi connectivity index (χ0) is 19.8. The molecule has 1 aliphatic rings. The summed E-state index contributed by atoms with van der Waals surface area (Å²) in [4.78, 5) is 14.5. The molecule has 1 N–H and O–H groups in total. The van der Waals surface area contributed by atoms with Gasteiger partial charge in [-0.2, -0.15) is 5.10 Å². The average molecular weight is 393 g/mol. The van der Waals surface area contributed by atoms with Gasteiger partial charge in [0.1, 0.15) is 5.82 Å². The average Bonchev–Trinajstić information content (AvgIpc) is 2.88. The van der Waals surface area contributed by atoms with Crippen molar-refractivity contribution >= 4 is 29.2 Å². The maximum Gasteiger partial charge on any atom is 0.235 e. The Hall–Kier alpha value is -2.73. The molecule has 2 aromatic carbocycles. The Labute approximate surface area is 169 Å². The Morgan fingerprint density at radius 1 is 1.11 bits per heavy atom. The predicted molar refractivity (Wildman–Crippen MR) is 117 cm³/mol. The monoisotopic (exact) mass is 392 g/mol. The van der Waals surface area contributed by atoms with Gasteiger partial charge in [-0.25, -0.2) is 4.68 Å². The molecule has 0 saturated carbocycles. The number of benzene rings is 2. The summed E-state index contributed by atoms with van der Waals surface area (Å²) in [6.07, 6.45) is 0. The molecule has 4 rings (SSSR count). The highest BCUT2D eigenvalue weighted by Gasteiger charge is 2.30. The maximum absolute atomic E-state index is 12.5. The van der Waals surface area contributed by atoms with Crippen LogP contribution in [0.4, 0.5) is 11.5 Å². The van der Waals surface area contributed by atoms with Gasteiger partial charge in [0.2, 0.25) is 5.91 Å². The Morgan fingerprint density at radius 3 is 2.50 bits per heavy atom.